The maximum Gasteiger partial charge on any atom is 0.351 e. The van der Waals surface area contributed by atoms with Gasteiger partial charge in [-0.05, 0) is 25.2 Å². The van der Waals surface area contributed by atoms with Crippen LogP contribution in [0.1, 0.15) is 47.8 Å². The summed E-state index contributed by atoms with van der Waals surface area (Å²) in [6, 6.07) is 9.69. The molecule has 3 rings (SSSR count). The second-order valence-electron chi connectivity index (χ2n) is 7.29. The van der Waals surface area contributed by atoms with Crippen LogP contribution in [0.4, 0.5) is 0 Å². The fourth-order valence-corrected chi connectivity index (χ4v) is 4.42. The van der Waals surface area contributed by atoms with Crippen LogP contribution in [0.2, 0.25) is 0 Å². The third-order valence-corrected chi connectivity index (χ3v) is 6.31. The van der Waals surface area contributed by atoms with Crippen molar-refractivity contribution in [3.05, 3.63) is 40.2 Å². The molecule has 1 saturated carbocycles. The molecule has 1 aliphatic rings. The van der Waals surface area contributed by atoms with E-state index in [1.54, 1.807) is 0 Å². The molecular formula is C21H26N2O3S. The minimum absolute atomic E-state index is 0.158. The first kappa shape index (κ1) is 19.5. The summed E-state index contributed by atoms with van der Waals surface area (Å²) in [5, 5.41) is 3.82. The monoisotopic (exact) mass is 386 g/mol. The molecule has 3 atom stereocenters. The highest BCUT2D eigenvalue weighted by atomic mass is 32.1. The van der Waals surface area contributed by atoms with Crippen LogP contribution < -0.4 is 5.32 Å². The topological polar surface area (TPSA) is 68.3 Å². The van der Waals surface area contributed by atoms with Gasteiger partial charge in [0.05, 0.1) is 10.7 Å². The van der Waals surface area contributed by atoms with E-state index in [0.717, 1.165) is 23.4 Å². The number of rotatable bonds is 5. The summed E-state index contributed by atoms with van der Waals surface area (Å²) in [6.45, 7) is 5.99. The van der Waals surface area contributed by atoms with Crippen LogP contribution in [0.25, 0.3) is 11.3 Å². The van der Waals surface area contributed by atoms with Crippen molar-refractivity contribution in [2.45, 2.75) is 46.1 Å². The highest BCUT2D eigenvalue weighted by Gasteiger charge is 2.28. The number of thiazole rings is 1. The first-order valence-electron chi connectivity index (χ1n) is 9.45. The minimum atomic E-state index is -0.500. The molecule has 0 aliphatic heterocycles. The maximum atomic E-state index is 12.5. The molecule has 6 heteroatoms. The van der Waals surface area contributed by atoms with E-state index in [2.05, 4.69) is 24.1 Å². The molecule has 0 unspecified atom stereocenters. The van der Waals surface area contributed by atoms with Gasteiger partial charge in [-0.3, -0.25) is 4.79 Å². The lowest BCUT2D eigenvalue weighted by atomic mass is 9.78. The van der Waals surface area contributed by atoms with Gasteiger partial charge in [-0.2, -0.15) is 0 Å². The van der Waals surface area contributed by atoms with Gasteiger partial charge in [-0.15, -0.1) is 11.3 Å². The Morgan fingerprint density at radius 2 is 1.96 bits per heavy atom. The number of carbonyl (C=O) groups excluding carboxylic acids is 2. The van der Waals surface area contributed by atoms with E-state index in [1.807, 2.05) is 37.3 Å². The second-order valence-corrected chi connectivity index (χ2v) is 8.50. The molecule has 1 N–H and O–H groups in total. The Bertz CT molecular complexity index is 803. The van der Waals surface area contributed by atoms with Crippen molar-refractivity contribution in [1.82, 2.24) is 10.3 Å². The first-order chi connectivity index (χ1) is 13.0. The van der Waals surface area contributed by atoms with Crippen LogP contribution in [0.3, 0.4) is 0 Å². The lowest BCUT2D eigenvalue weighted by molar-refractivity contribution is -0.125. The molecule has 1 aromatic heterocycles. The van der Waals surface area contributed by atoms with Gasteiger partial charge in [0, 0.05) is 11.6 Å². The zero-order valence-electron chi connectivity index (χ0n) is 16.0. The Hall–Kier alpha value is -2.21. The zero-order valence-corrected chi connectivity index (χ0v) is 16.8. The summed E-state index contributed by atoms with van der Waals surface area (Å²) in [7, 11) is 0. The Morgan fingerprint density at radius 1 is 1.22 bits per heavy atom. The van der Waals surface area contributed by atoms with E-state index in [1.165, 1.54) is 17.8 Å². The number of ether oxygens (including phenoxy) is 1. The van der Waals surface area contributed by atoms with E-state index in [4.69, 9.17) is 4.74 Å². The molecule has 0 saturated heterocycles. The summed E-state index contributed by atoms with van der Waals surface area (Å²) >= 11 is 1.29. The molecule has 0 spiro atoms. The van der Waals surface area contributed by atoms with Gasteiger partial charge in [0.1, 0.15) is 4.88 Å². The number of carbonyl (C=O) groups is 2. The molecule has 2 aromatic rings. The number of amides is 1. The average Bonchev–Trinajstić information content (AvgIpc) is 3.06. The summed E-state index contributed by atoms with van der Waals surface area (Å²) < 4.78 is 5.29. The van der Waals surface area contributed by atoms with Crippen molar-refractivity contribution in [2.75, 3.05) is 6.61 Å². The van der Waals surface area contributed by atoms with Gasteiger partial charge in [-0.1, -0.05) is 57.0 Å². The number of aromatic nitrogens is 1. The van der Waals surface area contributed by atoms with Crippen molar-refractivity contribution >= 4 is 23.2 Å². The quantitative estimate of drug-likeness (QED) is 0.782. The number of nitrogens with zero attached hydrogens (tertiary/aromatic N) is 1. The Morgan fingerprint density at radius 3 is 2.70 bits per heavy atom. The van der Waals surface area contributed by atoms with Gasteiger partial charge in [0.25, 0.3) is 5.91 Å². The summed E-state index contributed by atoms with van der Waals surface area (Å²) in [5.41, 5.74) is 1.47. The molecule has 0 bridgehead atoms. The highest BCUT2D eigenvalue weighted by Crippen LogP contribution is 2.30. The van der Waals surface area contributed by atoms with Crippen LogP contribution >= 0.6 is 11.3 Å². The third kappa shape index (κ3) is 4.75. The highest BCUT2D eigenvalue weighted by molar-refractivity contribution is 7.14. The average molecular weight is 387 g/mol. The number of aryl methyl sites for hydroxylation is 1. The number of nitrogens with one attached hydrogen (secondary N) is 1. The molecular weight excluding hydrogens is 360 g/mol. The SMILES string of the molecule is Cc1nc(-c2ccccc2)c(C(=O)OCC(=O)N[C@H]2CCC[C@H](C)[C@H]2C)s1. The van der Waals surface area contributed by atoms with Crippen molar-refractivity contribution in [1.29, 1.82) is 0 Å². The predicted octanol–water partition coefficient (Wildman–Crippen LogP) is 4.22. The van der Waals surface area contributed by atoms with E-state index in [-0.39, 0.29) is 18.6 Å². The Balaban J connectivity index is 1.61. The maximum absolute atomic E-state index is 12.5. The van der Waals surface area contributed by atoms with Crippen LogP contribution in [-0.2, 0) is 9.53 Å². The Kier molecular flexibility index (Phi) is 6.26. The molecule has 1 fully saturated rings. The molecule has 1 aromatic carbocycles. The smallest absolute Gasteiger partial charge is 0.351 e. The number of benzene rings is 1. The third-order valence-electron chi connectivity index (χ3n) is 5.35. The van der Waals surface area contributed by atoms with Gasteiger partial charge in [0.15, 0.2) is 6.61 Å². The molecule has 1 amide bonds. The lowest BCUT2D eigenvalue weighted by Crippen LogP contribution is -2.45. The van der Waals surface area contributed by atoms with Crippen molar-refractivity contribution < 1.29 is 14.3 Å². The summed E-state index contributed by atoms with van der Waals surface area (Å²) in [4.78, 5) is 29.7. The number of hydrogen-bond acceptors (Lipinski definition) is 5. The number of esters is 1. The normalized spacial score (nSPS) is 22.3. The van der Waals surface area contributed by atoms with Gasteiger partial charge < -0.3 is 10.1 Å². The number of hydrogen-bond donors (Lipinski definition) is 1. The fourth-order valence-electron chi connectivity index (χ4n) is 3.59. The molecule has 0 radical (unpaired) electrons. The van der Waals surface area contributed by atoms with E-state index in [9.17, 15) is 9.59 Å². The van der Waals surface area contributed by atoms with Crippen LogP contribution in [0.5, 0.6) is 0 Å². The van der Waals surface area contributed by atoms with Crippen molar-refractivity contribution in [3.8, 4) is 11.3 Å². The predicted molar refractivity (Wildman–Crippen MR) is 107 cm³/mol. The van der Waals surface area contributed by atoms with E-state index in [0.29, 0.717) is 22.4 Å². The largest absolute Gasteiger partial charge is 0.451 e. The van der Waals surface area contributed by atoms with Crippen LogP contribution in [-0.4, -0.2) is 29.5 Å². The fraction of sp³-hybridized carbons (Fsp3) is 0.476. The summed E-state index contributed by atoms with van der Waals surface area (Å²) in [6.07, 6.45) is 3.31. The lowest BCUT2D eigenvalue weighted by Gasteiger charge is -2.34. The van der Waals surface area contributed by atoms with E-state index >= 15 is 0 Å². The molecule has 144 valence electrons. The molecule has 27 heavy (non-hydrogen) atoms. The van der Waals surface area contributed by atoms with Crippen LogP contribution in [0.15, 0.2) is 30.3 Å². The molecule has 1 aliphatic carbocycles. The van der Waals surface area contributed by atoms with Gasteiger partial charge in [-0.25, -0.2) is 9.78 Å². The van der Waals surface area contributed by atoms with Crippen LogP contribution in [0, 0.1) is 18.8 Å². The van der Waals surface area contributed by atoms with E-state index < -0.39 is 5.97 Å². The summed E-state index contributed by atoms with van der Waals surface area (Å²) in [5.74, 6) is 0.295. The minimum Gasteiger partial charge on any atom is -0.451 e. The standard InChI is InChI=1S/C21H26N2O3S/c1-13-8-7-11-17(14(13)2)23-18(24)12-26-21(25)20-19(22-15(3)27-20)16-9-5-4-6-10-16/h4-6,9-10,13-14,17H,7-8,11-12H2,1-3H3,(H,23,24)/t13-,14+,17-/m0/s1. The van der Waals surface area contributed by atoms with Gasteiger partial charge >= 0.3 is 5.97 Å². The Labute approximate surface area is 164 Å². The second kappa shape index (κ2) is 8.65. The molecule has 5 nitrogen and oxygen atoms in total. The molecule has 1 heterocycles. The zero-order chi connectivity index (χ0) is 19.4. The first-order valence-corrected chi connectivity index (χ1v) is 10.3. The van der Waals surface area contributed by atoms with Crippen molar-refractivity contribution in [2.24, 2.45) is 11.8 Å². The van der Waals surface area contributed by atoms with Crippen molar-refractivity contribution in [3.63, 3.8) is 0 Å². The van der Waals surface area contributed by atoms with Gasteiger partial charge in [0.2, 0.25) is 0 Å².